The molecule has 0 saturated carbocycles. The number of rotatable bonds is 7. The van der Waals surface area contributed by atoms with Crippen LogP contribution < -0.4 is 10.1 Å². The molecule has 1 heterocycles. The Hall–Kier alpha value is -3.99. The molecule has 31 heavy (non-hydrogen) atoms. The van der Waals surface area contributed by atoms with E-state index in [9.17, 15) is 4.79 Å². The van der Waals surface area contributed by atoms with Gasteiger partial charge in [0.25, 0.3) is 5.91 Å². The van der Waals surface area contributed by atoms with Crippen molar-refractivity contribution in [1.29, 1.82) is 0 Å². The summed E-state index contributed by atoms with van der Waals surface area (Å²) in [6.07, 6.45) is 1.52. The third kappa shape index (κ3) is 5.14. The number of hydrogen-bond donors (Lipinski definition) is 1. The first kappa shape index (κ1) is 20.3. The normalized spacial score (nSPS) is 10.6. The SMILES string of the molecule is Cc1ncc(C(=O)NC(c2ccccc2)c2ccccc2)c(OCc2ccccc2)n1. The Balaban J connectivity index is 1.60. The standard InChI is InChI=1S/C26H23N3O2/c1-19-27-17-23(26(28-19)31-18-20-11-5-2-6-12-20)25(30)29-24(21-13-7-3-8-14-21)22-15-9-4-10-16-22/h2-17,24H,18H2,1H3,(H,29,30). The second kappa shape index (κ2) is 9.67. The Morgan fingerprint density at radius 2 is 1.42 bits per heavy atom. The highest BCUT2D eigenvalue weighted by atomic mass is 16.5. The van der Waals surface area contributed by atoms with Gasteiger partial charge in [-0.3, -0.25) is 4.79 Å². The summed E-state index contributed by atoms with van der Waals surface area (Å²) >= 11 is 0. The molecule has 0 atom stereocenters. The fraction of sp³-hybridized carbons (Fsp3) is 0.115. The molecule has 5 heteroatoms. The second-order valence-electron chi connectivity index (χ2n) is 7.14. The average molecular weight is 409 g/mol. The van der Waals surface area contributed by atoms with Gasteiger partial charge in [-0.15, -0.1) is 0 Å². The van der Waals surface area contributed by atoms with Gasteiger partial charge in [0, 0.05) is 6.20 Å². The number of hydrogen-bond acceptors (Lipinski definition) is 4. The third-order valence-corrected chi connectivity index (χ3v) is 4.88. The lowest BCUT2D eigenvalue weighted by Crippen LogP contribution is -2.30. The zero-order valence-corrected chi connectivity index (χ0v) is 17.2. The molecular formula is C26H23N3O2. The summed E-state index contributed by atoms with van der Waals surface area (Å²) in [4.78, 5) is 21.9. The van der Waals surface area contributed by atoms with Crippen molar-refractivity contribution in [2.24, 2.45) is 0 Å². The van der Waals surface area contributed by atoms with Crippen LogP contribution in [-0.4, -0.2) is 15.9 Å². The second-order valence-corrected chi connectivity index (χ2v) is 7.14. The van der Waals surface area contributed by atoms with Crippen LogP contribution in [0.3, 0.4) is 0 Å². The van der Waals surface area contributed by atoms with E-state index < -0.39 is 0 Å². The molecule has 3 aromatic carbocycles. The third-order valence-electron chi connectivity index (χ3n) is 4.88. The zero-order valence-electron chi connectivity index (χ0n) is 17.2. The zero-order chi connectivity index (χ0) is 21.5. The van der Waals surface area contributed by atoms with Crippen molar-refractivity contribution >= 4 is 5.91 Å². The predicted molar refractivity (Wildman–Crippen MR) is 120 cm³/mol. The van der Waals surface area contributed by atoms with E-state index in [1.807, 2.05) is 91.0 Å². The highest BCUT2D eigenvalue weighted by Gasteiger charge is 2.21. The molecule has 4 rings (SSSR count). The van der Waals surface area contributed by atoms with E-state index in [-0.39, 0.29) is 17.8 Å². The molecule has 0 radical (unpaired) electrons. The maximum Gasteiger partial charge on any atom is 0.259 e. The van der Waals surface area contributed by atoms with Gasteiger partial charge in [0.1, 0.15) is 18.0 Å². The van der Waals surface area contributed by atoms with Gasteiger partial charge >= 0.3 is 0 Å². The van der Waals surface area contributed by atoms with Gasteiger partial charge in [-0.05, 0) is 23.6 Å². The summed E-state index contributed by atoms with van der Waals surface area (Å²) in [6.45, 7) is 2.09. The molecular weight excluding hydrogens is 386 g/mol. The molecule has 4 aromatic rings. The van der Waals surface area contributed by atoms with E-state index in [4.69, 9.17) is 4.74 Å². The first-order valence-corrected chi connectivity index (χ1v) is 10.1. The smallest absolute Gasteiger partial charge is 0.259 e. The van der Waals surface area contributed by atoms with Crippen LogP contribution in [0.2, 0.25) is 0 Å². The fourth-order valence-corrected chi connectivity index (χ4v) is 3.30. The average Bonchev–Trinajstić information content (AvgIpc) is 2.83. The van der Waals surface area contributed by atoms with E-state index in [0.717, 1.165) is 16.7 Å². The summed E-state index contributed by atoms with van der Waals surface area (Å²) in [6, 6.07) is 29.2. The van der Waals surface area contributed by atoms with Crippen LogP contribution in [0.4, 0.5) is 0 Å². The first-order chi connectivity index (χ1) is 15.2. The minimum Gasteiger partial charge on any atom is -0.472 e. The maximum atomic E-state index is 13.3. The molecule has 0 aliphatic carbocycles. The highest BCUT2D eigenvalue weighted by Crippen LogP contribution is 2.24. The summed E-state index contributed by atoms with van der Waals surface area (Å²) in [5.74, 6) is 0.525. The molecule has 0 aliphatic rings. The molecule has 0 unspecified atom stereocenters. The number of carbonyl (C=O) groups excluding carboxylic acids is 1. The molecule has 154 valence electrons. The van der Waals surface area contributed by atoms with Crippen molar-refractivity contribution < 1.29 is 9.53 Å². The summed E-state index contributed by atoms with van der Waals surface area (Å²) in [7, 11) is 0. The number of ether oxygens (including phenoxy) is 1. The summed E-state index contributed by atoms with van der Waals surface area (Å²) < 4.78 is 5.91. The van der Waals surface area contributed by atoms with Gasteiger partial charge in [0.15, 0.2) is 0 Å². The van der Waals surface area contributed by atoms with Crippen molar-refractivity contribution in [2.75, 3.05) is 0 Å². The van der Waals surface area contributed by atoms with E-state index in [2.05, 4.69) is 15.3 Å². The van der Waals surface area contributed by atoms with Crippen molar-refractivity contribution in [3.8, 4) is 5.88 Å². The largest absolute Gasteiger partial charge is 0.472 e. The van der Waals surface area contributed by atoms with Gasteiger partial charge in [-0.25, -0.2) is 4.98 Å². The van der Waals surface area contributed by atoms with Gasteiger partial charge < -0.3 is 10.1 Å². The van der Waals surface area contributed by atoms with Gasteiger partial charge in [0.05, 0.1) is 6.04 Å². The number of carbonyl (C=O) groups is 1. The van der Waals surface area contributed by atoms with E-state index in [0.29, 0.717) is 18.0 Å². The predicted octanol–water partition coefficient (Wildman–Crippen LogP) is 4.88. The minimum absolute atomic E-state index is 0.272. The molecule has 0 fully saturated rings. The molecule has 0 saturated heterocycles. The summed E-state index contributed by atoms with van der Waals surface area (Å²) in [5.41, 5.74) is 3.28. The van der Waals surface area contributed by atoms with Crippen molar-refractivity contribution in [3.05, 3.63) is 125 Å². The van der Waals surface area contributed by atoms with Gasteiger partial charge in [-0.2, -0.15) is 4.98 Å². The van der Waals surface area contributed by atoms with Crippen LogP contribution in [0, 0.1) is 6.92 Å². The molecule has 1 N–H and O–H groups in total. The van der Waals surface area contributed by atoms with E-state index in [1.165, 1.54) is 6.20 Å². The topological polar surface area (TPSA) is 64.1 Å². The highest BCUT2D eigenvalue weighted by molar-refractivity contribution is 5.96. The lowest BCUT2D eigenvalue weighted by Gasteiger charge is -2.20. The minimum atomic E-state index is -0.307. The van der Waals surface area contributed by atoms with Crippen LogP contribution in [-0.2, 0) is 6.61 Å². The molecule has 1 amide bonds. The van der Waals surface area contributed by atoms with Crippen LogP contribution in [0.5, 0.6) is 5.88 Å². The Morgan fingerprint density at radius 1 is 0.871 bits per heavy atom. The van der Waals surface area contributed by atoms with E-state index in [1.54, 1.807) is 6.92 Å². The Kier molecular flexibility index (Phi) is 6.33. The molecule has 0 aliphatic heterocycles. The number of amides is 1. The Bertz CT molecular complexity index is 1090. The van der Waals surface area contributed by atoms with Crippen LogP contribution in [0.15, 0.2) is 97.2 Å². The van der Waals surface area contributed by atoms with Crippen LogP contribution in [0.1, 0.15) is 38.9 Å². The fourth-order valence-electron chi connectivity index (χ4n) is 3.30. The van der Waals surface area contributed by atoms with Crippen molar-refractivity contribution in [1.82, 2.24) is 15.3 Å². The number of benzene rings is 3. The molecule has 0 spiro atoms. The number of nitrogens with zero attached hydrogens (tertiary/aromatic N) is 2. The number of nitrogens with one attached hydrogen (secondary N) is 1. The lowest BCUT2D eigenvalue weighted by atomic mass is 9.98. The van der Waals surface area contributed by atoms with Crippen LogP contribution >= 0.6 is 0 Å². The van der Waals surface area contributed by atoms with Gasteiger partial charge in [0.2, 0.25) is 5.88 Å². The monoisotopic (exact) mass is 409 g/mol. The molecule has 1 aromatic heterocycles. The Labute approximate surface area is 181 Å². The lowest BCUT2D eigenvalue weighted by molar-refractivity contribution is 0.0937. The molecule has 0 bridgehead atoms. The van der Waals surface area contributed by atoms with E-state index >= 15 is 0 Å². The quantitative estimate of drug-likeness (QED) is 0.472. The van der Waals surface area contributed by atoms with Gasteiger partial charge in [-0.1, -0.05) is 91.0 Å². The maximum absolute atomic E-state index is 13.3. The van der Waals surface area contributed by atoms with Crippen molar-refractivity contribution in [3.63, 3.8) is 0 Å². The first-order valence-electron chi connectivity index (χ1n) is 10.1. The van der Waals surface area contributed by atoms with Crippen LogP contribution in [0.25, 0.3) is 0 Å². The molecule has 5 nitrogen and oxygen atoms in total. The Morgan fingerprint density at radius 3 is 2.00 bits per heavy atom. The summed E-state index contributed by atoms with van der Waals surface area (Å²) in [5, 5.41) is 3.12. The number of aromatic nitrogens is 2. The van der Waals surface area contributed by atoms with Crippen molar-refractivity contribution in [2.45, 2.75) is 19.6 Å². The number of aryl methyl sites for hydroxylation is 1.